The average Bonchev–Trinajstić information content (AvgIpc) is 3.58. The summed E-state index contributed by atoms with van der Waals surface area (Å²) in [4.78, 5) is 13.8. The van der Waals surface area contributed by atoms with Gasteiger partial charge in [-0.1, -0.05) is 36.4 Å². The van der Waals surface area contributed by atoms with Gasteiger partial charge in [0.15, 0.2) is 0 Å². The number of imidazole rings is 1. The van der Waals surface area contributed by atoms with Crippen molar-refractivity contribution >= 4 is 38.4 Å². The number of nitrogens with zero attached hydrogens (tertiary/aromatic N) is 4. The quantitative estimate of drug-likeness (QED) is 0.243. The van der Waals surface area contributed by atoms with Crippen LogP contribution in [0.4, 0.5) is 0 Å². The van der Waals surface area contributed by atoms with E-state index in [1.165, 1.54) is 60.7 Å². The molecular formula is C31H18N4. The minimum Gasteiger partial charge on any atom is -0.290 e. The van der Waals surface area contributed by atoms with Crippen LogP contribution in [0, 0.1) is 0 Å². The van der Waals surface area contributed by atoms with E-state index in [0.717, 1.165) is 35.0 Å². The topological polar surface area (TPSA) is 43.1 Å². The summed E-state index contributed by atoms with van der Waals surface area (Å²) < 4.78 is 2.24. The van der Waals surface area contributed by atoms with Crippen LogP contribution in [0.3, 0.4) is 0 Å². The summed E-state index contributed by atoms with van der Waals surface area (Å²) in [5.41, 5.74) is 15.3. The number of rotatable bonds is 0. The second-order valence-electron chi connectivity index (χ2n) is 9.72. The third-order valence-electron chi connectivity index (χ3n) is 8.00. The van der Waals surface area contributed by atoms with E-state index in [4.69, 9.17) is 4.98 Å². The predicted octanol–water partition coefficient (Wildman–Crippen LogP) is 6.73. The molecule has 0 atom stereocenters. The molecule has 4 nitrogen and oxygen atoms in total. The second kappa shape index (κ2) is 6.10. The molecule has 4 heterocycles. The van der Waals surface area contributed by atoms with Crippen LogP contribution in [-0.2, 0) is 12.8 Å². The van der Waals surface area contributed by atoms with E-state index in [2.05, 4.69) is 69.0 Å². The Hall–Kier alpha value is -4.57. The lowest BCUT2D eigenvalue weighted by molar-refractivity contribution is 1.23. The standard InChI is InChI=1S/C31H18N4/c1-2-4-20-17(3-1)11-18-5-6-21-23-14-26-24(12-19(23)13-25(21)30(18)20)22-7-9-33-16-29(22)35-28-8-10-32-15-27(28)34-31(26)35/h1-10,12,14-16H,11,13H2. The molecule has 0 aliphatic heterocycles. The Morgan fingerprint density at radius 3 is 2.54 bits per heavy atom. The van der Waals surface area contributed by atoms with Gasteiger partial charge in [-0.05, 0) is 87.0 Å². The number of aromatic nitrogens is 4. The van der Waals surface area contributed by atoms with E-state index in [9.17, 15) is 0 Å². The van der Waals surface area contributed by atoms with Crippen LogP contribution in [0.25, 0.3) is 60.6 Å². The first-order valence-corrected chi connectivity index (χ1v) is 12.0. The first-order chi connectivity index (χ1) is 17.3. The minimum atomic E-state index is 0.903. The monoisotopic (exact) mass is 446 g/mol. The summed E-state index contributed by atoms with van der Waals surface area (Å²) in [7, 11) is 0. The molecule has 4 heteroatoms. The Labute approximate surface area is 200 Å². The Morgan fingerprint density at radius 2 is 1.54 bits per heavy atom. The summed E-state index contributed by atoms with van der Waals surface area (Å²) in [5, 5.41) is 3.61. The van der Waals surface area contributed by atoms with Gasteiger partial charge in [-0.2, -0.15) is 0 Å². The van der Waals surface area contributed by atoms with Gasteiger partial charge >= 0.3 is 0 Å². The predicted molar refractivity (Wildman–Crippen MR) is 140 cm³/mol. The SMILES string of the molecule is c1ccc2c(c1)Cc1ccc3c(c1-2)Cc1cc2c4ccncc4n4c5ccncc5nc4c2cc1-3. The Kier molecular flexibility index (Phi) is 3.11. The third-order valence-corrected chi connectivity index (χ3v) is 8.00. The molecule has 3 aromatic carbocycles. The van der Waals surface area contributed by atoms with E-state index in [1.807, 2.05) is 30.9 Å². The van der Waals surface area contributed by atoms with Gasteiger partial charge in [0.2, 0.25) is 0 Å². The van der Waals surface area contributed by atoms with Crippen molar-refractivity contribution in [2.45, 2.75) is 12.8 Å². The van der Waals surface area contributed by atoms with Gasteiger partial charge in [-0.3, -0.25) is 14.4 Å². The molecule has 162 valence electrons. The zero-order valence-corrected chi connectivity index (χ0v) is 18.8. The van der Waals surface area contributed by atoms with Gasteiger partial charge in [-0.25, -0.2) is 4.98 Å². The molecule has 7 aromatic rings. The molecule has 0 unspecified atom stereocenters. The first-order valence-electron chi connectivity index (χ1n) is 12.0. The zero-order chi connectivity index (χ0) is 22.7. The third kappa shape index (κ3) is 2.15. The molecule has 2 aliphatic carbocycles. The number of hydrogen-bond acceptors (Lipinski definition) is 3. The summed E-state index contributed by atoms with van der Waals surface area (Å²) in [6.07, 6.45) is 9.52. The fourth-order valence-electron chi connectivity index (χ4n) is 6.53. The molecule has 0 amide bonds. The number of hydrogen-bond donors (Lipinski definition) is 0. The average molecular weight is 447 g/mol. The van der Waals surface area contributed by atoms with Gasteiger partial charge in [-0.15, -0.1) is 0 Å². The van der Waals surface area contributed by atoms with Crippen LogP contribution in [0.1, 0.15) is 22.3 Å². The molecule has 0 saturated carbocycles. The van der Waals surface area contributed by atoms with Crippen LogP contribution in [0.5, 0.6) is 0 Å². The molecule has 4 aromatic heterocycles. The normalized spacial score (nSPS) is 13.5. The van der Waals surface area contributed by atoms with Crippen LogP contribution in [0.2, 0.25) is 0 Å². The molecule has 0 fully saturated rings. The van der Waals surface area contributed by atoms with Crippen LogP contribution < -0.4 is 0 Å². The number of pyridine rings is 3. The Morgan fingerprint density at radius 1 is 0.629 bits per heavy atom. The molecule has 0 radical (unpaired) electrons. The molecule has 0 saturated heterocycles. The van der Waals surface area contributed by atoms with Gasteiger partial charge in [0.25, 0.3) is 0 Å². The molecular weight excluding hydrogens is 428 g/mol. The fourth-order valence-corrected chi connectivity index (χ4v) is 6.53. The Bertz CT molecular complexity index is 2070. The van der Waals surface area contributed by atoms with Crippen LogP contribution >= 0.6 is 0 Å². The molecule has 0 bridgehead atoms. The van der Waals surface area contributed by atoms with Crippen molar-refractivity contribution in [2.75, 3.05) is 0 Å². The maximum absolute atomic E-state index is 5.04. The second-order valence-corrected chi connectivity index (χ2v) is 9.72. The fraction of sp³-hybridized carbons (Fsp3) is 0.0645. The lowest BCUT2D eigenvalue weighted by Crippen LogP contribution is -1.93. The lowest BCUT2D eigenvalue weighted by Gasteiger charge is -2.11. The van der Waals surface area contributed by atoms with Gasteiger partial charge in [0.05, 0.1) is 23.4 Å². The van der Waals surface area contributed by atoms with Crippen molar-refractivity contribution in [3.05, 3.63) is 108 Å². The summed E-state index contributed by atoms with van der Waals surface area (Å²) in [6.45, 7) is 0. The minimum absolute atomic E-state index is 0.903. The number of benzene rings is 3. The van der Waals surface area contributed by atoms with Gasteiger partial charge < -0.3 is 0 Å². The van der Waals surface area contributed by atoms with Crippen molar-refractivity contribution < 1.29 is 0 Å². The zero-order valence-electron chi connectivity index (χ0n) is 18.8. The summed E-state index contributed by atoms with van der Waals surface area (Å²) in [6, 6.07) is 22.5. The van der Waals surface area contributed by atoms with Crippen LogP contribution in [0.15, 0.2) is 85.5 Å². The molecule has 9 rings (SSSR count). The van der Waals surface area contributed by atoms with Crippen molar-refractivity contribution in [1.29, 1.82) is 0 Å². The van der Waals surface area contributed by atoms with E-state index in [-0.39, 0.29) is 0 Å². The van der Waals surface area contributed by atoms with Gasteiger partial charge in [0, 0.05) is 23.2 Å². The maximum Gasteiger partial charge on any atom is 0.146 e. The molecule has 0 N–H and O–H groups in total. The smallest absolute Gasteiger partial charge is 0.146 e. The van der Waals surface area contributed by atoms with Crippen molar-refractivity contribution in [3.63, 3.8) is 0 Å². The summed E-state index contributed by atoms with van der Waals surface area (Å²) in [5.74, 6) is 0. The summed E-state index contributed by atoms with van der Waals surface area (Å²) >= 11 is 0. The highest BCUT2D eigenvalue weighted by atomic mass is 15.0. The van der Waals surface area contributed by atoms with Gasteiger partial charge in [0.1, 0.15) is 11.2 Å². The highest BCUT2D eigenvalue weighted by molar-refractivity contribution is 6.15. The van der Waals surface area contributed by atoms with Crippen molar-refractivity contribution in [1.82, 2.24) is 19.4 Å². The largest absolute Gasteiger partial charge is 0.290 e. The Balaban J connectivity index is 1.41. The molecule has 0 spiro atoms. The highest BCUT2D eigenvalue weighted by Crippen LogP contribution is 2.49. The number of fused-ring (bicyclic) bond motifs is 15. The molecule has 2 aliphatic rings. The van der Waals surface area contributed by atoms with E-state index in [1.54, 1.807) is 0 Å². The van der Waals surface area contributed by atoms with E-state index in [0.29, 0.717) is 0 Å². The van der Waals surface area contributed by atoms with Crippen molar-refractivity contribution in [2.24, 2.45) is 0 Å². The van der Waals surface area contributed by atoms with E-state index < -0.39 is 0 Å². The highest BCUT2D eigenvalue weighted by Gasteiger charge is 2.29. The van der Waals surface area contributed by atoms with Crippen LogP contribution in [-0.4, -0.2) is 19.4 Å². The van der Waals surface area contributed by atoms with E-state index >= 15 is 0 Å². The molecule has 35 heavy (non-hydrogen) atoms. The lowest BCUT2D eigenvalue weighted by atomic mass is 9.95. The maximum atomic E-state index is 5.04. The van der Waals surface area contributed by atoms with Crippen molar-refractivity contribution in [3.8, 4) is 22.3 Å². The first kappa shape index (κ1) is 17.8.